The van der Waals surface area contributed by atoms with Crippen LogP contribution in [0.15, 0.2) is 6.07 Å². The van der Waals surface area contributed by atoms with Gasteiger partial charge in [-0.15, -0.1) is 0 Å². The number of aromatic carboxylic acids is 1. The molecule has 7 heteroatoms. The first-order valence-corrected chi connectivity index (χ1v) is 6.47. The van der Waals surface area contributed by atoms with Crippen LogP contribution < -0.4 is 4.74 Å². The number of ether oxygens (including phenoxy) is 1. The van der Waals surface area contributed by atoms with Gasteiger partial charge in [-0.3, -0.25) is 0 Å². The van der Waals surface area contributed by atoms with Gasteiger partial charge in [0.25, 0.3) is 0 Å². The largest absolute Gasteiger partial charge is 0.495 e. The Hall–Kier alpha value is -1.50. The second-order valence-electron chi connectivity index (χ2n) is 3.59. The van der Waals surface area contributed by atoms with E-state index >= 15 is 0 Å². The number of methoxy groups -OCH3 is 1. The Morgan fingerprint density at radius 1 is 1.56 bits per heavy atom. The lowest BCUT2D eigenvalue weighted by Gasteiger charge is -2.17. The summed E-state index contributed by atoms with van der Waals surface area (Å²) in [7, 11) is -1.74. The van der Waals surface area contributed by atoms with E-state index in [4.69, 9.17) is 9.84 Å². The Morgan fingerprint density at radius 3 is 2.81 bits per heavy atom. The predicted molar refractivity (Wildman–Crippen MR) is 55.4 cm³/mol. The minimum Gasteiger partial charge on any atom is -0.495 e. The number of sulfone groups is 1. The maximum absolute atomic E-state index is 11.4. The smallest absolute Gasteiger partial charge is 0.352 e. The van der Waals surface area contributed by atoms with Crippen LogP contribution in [0.25, 0.3) is 0 Å². The van der Waals surface area contributed by atoms with E-state index in [0.29, 0.717) is 11.4 Å². The first-order valence-electron chi connectivity index (χ1n) is 4.65. The molecule has 2 heterocycles. The first-order chi connectivity index (χ1) is 7.44. The van der Waals surface area contributed by atoms with Crippen LogP contribution in [0.5, 0.6) is 5.75 Å². The molecule has 1 aromatic heterocycles. The molecule has 0 radical (unpaired) electrons. The van der Waals surface area contributed by atoms with Crippen LogP contribution in [0.2, 0.25) is 0 Å². The van der Waals surface area contributed by atoms with Gasteiger partial charge in [-0.2, -0.15) is 0 Å². The summed E-state index contributed by atoms with van der Waals surface area (Å²) in [5.74, 6) is -0.953. The number of hydrogen-bond acceptors (Lipinski definition) is 4. The molecule has 1 N–H and O–H groups in total. The molecule has 0 bridgehead atoms. The Balaban J connectivity index is 2.59. The van der Waals surface area contributed by atoms with Gasteiger partial charge in [0.1, 0.15) is 11.4 Å². The van der Waals surface area contributed by atoms with Gasteiger partial charge < -0.3 is 14.4 Å². The van der Waals surface area contributed by atoms with Crippen LogP contribution >= 0.6 is 0 Å². The molecule has 0 unspecified atom stereocenters. The highest BCUT2D eigenvalue weighted by Gasteiger charge is 2.29. The molecule has 0 aromatic carbocycles. The molecule has 16 heavy (non-hydrogen) atoms. The summed E-state index contributed by atoms with van der Waals surface area (Å²) >= 11 is 0. The predicted octanol–water partition coefficient (Wildman–Crippen LogP) is 0.123. The molecule has 0 amide bonds. The molecular weight excluding hydrogens is 234 g/mol. The molecule has 0 spiro atoms. The average Bonchev–Trinajstić information content (AvgIpc) is 2.54. The normalized spacial score (nSPS) is 17.8. The summed E-state index contributed by atoms with van der Waals surface area (Å²) < 4.78 is 29.4. The van der Waals surface area contributed by atoms with Crippen LogP contribution in [0, 0.1) is 0 Å². The van der Waals surface area contributed by atoms with Gasteiger partial charge in [-0.05, 0) is 0 Å². The number of carboxylic acids is 1. The summed E-state index contributed by atoms with van der Waals surface area (Å²) in [5.41, 5.74) is 0.493. The fraction of sp³-hybridized carbons (Fsp3) is 0.444. The van der Waals surface area contributed by atoms with E-state index in [1.165, 1.54) is 17.7 Å². The number of rotatable bonds is 2. The number of hydrogen-bond donors (Lipinski definition) is 1. The average molecular weight is 245 g/mol. The molecule has 88 valence electrons. The van der Waals surface area contributed by atoms with Gasteiger partial charge in [-0.1, -0.05) is 0 Å². The van der Waals surface area contributed by atoms with Crippen molar-refractivity contribution in [3.8, 4) is 5.75 Å². The van der Waals surface area contributed by atoms with Crippen molar-refractivity contribution in [2.45, 2.75) is 12.3 Å². The number of fused-ring (bicyclic) bond motifs is 1. The zero-order chi connectivity index (χ0) is 11.9. The molecule has 1 aliphatic heterocycles. The summed E-state index contributed by atoms with van der Waals surface area (Å²) in [6.07, 6.45) is 0. The molecule has 0 saturated carbocycles. The zero-order valence-electron chi connectivity index (χ0n) is 8.63. The maximum atomic E-state index is 11.4. The van der Waals surface area contributed by atoms with Crippen molar-refractivity contribution in [3.05, 3.63) is 17.5 Å². The molecule has 0 saturated heterocycles. The van der Waals surface area contributed by atoms with Crippen molar-refractivity contribution >= 4 is 15.8 Å². The fourth-order valence-electron chi connectivity index (χ4n) is 1.83. The third kappa shape index (κ3) is 1.67. The van der Waals surface area contributed by atoms with Crippen molar-refractivity contribution < 1.29 is 23.1 Å². The molecule has 0 atom stereocenters. The molecule has 0 fully saturated rings. The fourth-order valence-corrected chi connectivity index (χ4v) is 3.15. The van der Waals surface area contributed by atoms with Gasteiger partial charge in [0, 0.05) is 12.6 Å². The number of carbonyl (C=O) groups is 1. The van der Waals surface area contributed by atoms with E-state index in [2.05, 4.69) is 0 Å². The highest BCUT2D eigenvalue weighted by molar-refractivity contribution is 7.90. The third-order valence-electron chi connectivity index (χ3n) is 2.59. The van der Waals surface area contributed by atoms with Crippen molar-refractivity contribution in [1.82, 2.24) is 4.57 Å². The van der Waals surface area contributed by atoms with Crippen molar-refractivity contribution in [2.24, 2.45) is 0 Å². The number of aromatic nitrogens is 1. The number of nitrogens with zero attached hydrogens (tertiary/aromatic N) is 1. The minimum absolute atomic E-state index is 0.0296. The van der Waals surface area contributed by atoms with Gasteiger partial charge >= 0.3 is 5.97 Å². The quantitative estimate of drug-likeness (QED) is 0.800. The van der Waals surface area contributed by atoms with E-state index in [0.717, 1.165) is 0 Å². The Morgan fingerprint density at radius 2 is 2.25 bits per heavy atom. The molecule has 6 nitrogen and oxygen atoms in total. The van der Waals surface area contributed by atoms with E-state index in [9.17, 15) is 13.2 Å². The summed E-state index contributed by atoms with van der Waals surface area (Å²) in [6.45, 7) is 0.169. The Bertz CT molecular complexity index is 542. The summed E-state index contributed by atoms with van der Waals surface area (Å²) in [4.78, 5) is 10.9. The molecule has 0 aliphatic carbocycles. The van der Waals surface area contributed by atoms with Crippen LogP contribution in [0.1, 0.15) is 16.2 Å². The molecule has 1 aromatic rings. The van der Waals surface area contributed by atoms with Crippen molar-refractivity contribution in [2.75, 3.05) is 12.9 Å². The first kappa shape index (κ1) is 11.0. The van der Waals surface area contributed by atoms with Crippen LogP contribution in [-0.4, -0.2) is 36.9 Å². The second-order valence-corrected chi connectivity index (χ2v) is 5.78. The van der Waals surface area contributed by atoms with Gasteiger partial charge in [0.15, 0.2) is 9.84 Å². The molecule has 1 aliphatic rings. The Labute approximate surface area is 92.4 Å². The third-order valence-corrected chi connectivity index (χ3v) is 4.11. The van der Waals surface area contributed by atoms with Gasteiger partial charge in [0.05, 0.1) is 24.3 Å². The minimum atomic E-state index is -3.13. The summed E-state index contributed by atoms with van der Waals surface area (Å²) in [5, 5.41) is 8.95. The standard InChI is InChI=1S/C9H11NO5S/c1-15-8-4-6(9(11)12)10-2-3-16(13,14)5-7(8)10/h4H,2-3,5H2,1H3,(H,11,12). The van der Waals surface area contributed by atoms with Crippen molar-refractivity contribution in [1.29, 1.82) is 0 Å². The monoisotopic (exact) mass is 245 g/mol. The van der Waals surface area contributed by atoms with E-state index in [-0.39, 0.29) is 23.7 Å². The van der Waals surface area contributed by atoms with Crippen molar-refractivity contribution in [3.63, 3.8) is 0 Å². The SMILES string of the molecule is COc1cc(C(=O)O)n2c1CS(=O)(=O)CC2. The van der Waals surface area contributed by atoms with Crippen LogP contribution in [0.4, 0.5) is 0 Å². The van der Waals surface area contributed by atoms with Crippen LogP contribution in [-0.2, 0) is 22.1 Å². The molecule has 2 rings (SSSR count). The van der Waals surface area contributed by atoms with E-state index < -0.39 is 15.8 Å². The van der Waals surface area contributed by atoms with Gasteiger partial charge in [0.2, 0.25) is 0 Å². The lowest BCUT2D eigenvalue weighted by molar-refractivity contribution is 0.0684. The highest BCUT2D eigenvalue weighted by Crippen LogP contribution is 2.29. The van der Waals surface area contributed by atoms with E-state index in [1.54, 1.807) is 0 Å². The second kappa shape index (κ2) is 3.51. The van der Waals surface area contributed by atoms with E-state index in [1.807, 2.05) is 0 Å². The zero-order valence-corrected chi connectivity index (χ0v) is 9.45. The van der Waals surface area contributed by atoms with Gasteiger partial charge in [-0.25, -0.2) is 13.2 Å². The highest BCUT2D eigenvalue weighted by atomic mass is 32.2. The topological polar surface area (TPSA) is 85.6 Å². The summed E-state index contributed by atoms with van der Waals surface area (Å²) in [6, 6.07) is 1.36. The lowest BCUT2D eigenvalue weighted by Crippen LogP contribution is -2.25. The number of carboxylic acid groups (broad SMARTS) is 1. The van der Waals surface area contributed by atoms with Crippen LogP contribution in [0.3, 0.4) is 0 Å². The maximum Gasteiger partial charge on any atom is 0.352 e. The molecular formula is C9H11NO5S. The lowest BCUT2D eigenvalue weighted by atomic mass is 10.4. The Kier molecular flexibility index (Phi) is 2.42.